The van der Waals surface area contributed by atoms with Gasteiger partial charge in [0.15, 0.2) is 0 Å². The lowest BCUT2D eigenvalue weighted by molar-refractivity contribution is 0.0932. The second kappa shape index (κ2) is 11.0. The number of hydrogen-bond donors (Lipinski definition) is 3. The summed E-state index contributed by atoms with van der Waals surface area (Å²) in [4.78, 5) is 20.9. The Hall–Kier alpha value is -3.19. The number of rotatable bonds is 9. The van der Waals surface area contributed by atoms with E-state index in [1.54, 1.807) is 31.6 Å². The summed E-state index contributed by atoms with van der Waals surface area (Å²) in [7, 11) is 1.59. The van der Waals surface area contributed by atoms with Crippen molar-refractivity contribution in [3.8, 4) is 0 Å². The normalized spacial score (nSPS) is 16.2. The fourth-order valence-corrected chi connectivity index (χ4v) is 2.59. The molecule has 0 fully saturated rings. The molecule has 0 saturated heterocycles. The molecular weight excluding hydrogens is 366 g/mol. The van der Waals surface area contributed by atoms with E-state index >= 15 is 0 Å². The van der Waals surface area contributed by atoms with Crippen molar-refractivity contribution in [3.05, 3.63) is 71.4 Å². The number of amidine groups is 1. The monoisotopic (exact) mass is 395 g/mol. The van der Waals surface area contributed by atoms with Gasteiger partial charge in [0.1, 0.15) is 11.5 Å². The van der Waals surface area contributed by atoms with E-state index in [-0.39, 0.29) is 5.91 Å². The number of carbonyl (C=O) groups is 1. The van der Waals surface area contributed by atoms with Crippen LogP contribution < -0.4 is 16.4 Å². The van der Waals surface area contributed by atoms with E-state index in [9.17, 15) is 4.79 Å². The maximum Gasteiger partial charge on any atom is 0.269 e. The molecule has 1 aromatic rings. The number of aliphatic imine (C=N–C) groups is 1. The third-order valence-corrected chi connectivity index (χ3v) is 4.46. The Bertz CT molecular complexity index is 877. The fourth-order valence-electron chi connectivity index (χ4n) is 2.59. The first-order valence-electron chi connectivity index (χ1n) is 9.45. The molecule has 154 valence electrons. The standard InChI is InChI=1S/C22H29N5O2/c1-5-17(12-15(2)16(3)23)14-26-21-7-6-19(27-21)18-8-9-24-20(13-18)22(28)25-10-11-29-4/h5-6,8-9,13-14H,1,7,10-12,23H2,2-4H3,(H,25,28)(H,26,27)/b16-15-,17-14+. The van der Waals surface area contributed by atoms with Crippen LogP contribution in [0.5, 0.6) is 0 Å². The average Bonchev–Trinajstić information content (AvgIpc) is 3.20. The Kier molecular flexibility index (Phi) is 8.36. The highest BCUT2D eigenvalue weighted by atomic mass is 16.5. The molecule has 0 unspecified atom stereocenters. The Labute approximate surface area is 172 Å². The lowest BCUT2D eigenvalue weighted by Gasteiger charge is -2.08. The van der Waals surface area contributed by atoms with Crippen molar-refractivity contribution >= 4 is 17.4 Å². The molecule has 7 nitrogen and oxygen atoms in total. The molecule has 0 saturated carbocycles. The number of carbonyl (C=O) groups excluding carboxylic acids is 1. The van der Waals surface area contributed by atoms with Gasteiger partial charge in [0.25, 0.3) is 5.91 Å². The minimum absolute atomic E-state index is 0.228. The summed E-state index contributed by atoms with van der Waals surface area (Å²) in [5, 5.41) is 6.07. The molecular formula is C22H29N5O2. The van der Waals surface area contributed by atoms with E-state index in [0.29, 0.717) is 25.3 Å². The SMILES string of the molecule is C=C/C(=C\N=C1/CC=C(c2ccnc(C(=O)NCCOC)c2)N1)C/C(C)=C(/C)N. The van der Waals surface area contributed by atoms with Crippen LogP contribution in [0.25, 0.3) is 5.70 Å². The van der Waals surface area contributed by atoms with Crippen LogP contribution in [0.15, 0.2) is 65.1 Å². The third-order valence-electron chi connectivity index (χ3n) is 4.46. The number of pyridine rings is 1. The van der Waals surface area contributed by atoms with E-state index in [1.807, 2.05) is 26.0 Å². The van der Waals surface area contributed by atoms with Gasteiger partial charge in [-0.15, -0.1) is 0 Å². The van der Waals surface area contributed by atoms with Crippen LogP contribution in [-0.2, 0) is 4.74 Å². The first-order valence-corrected chi connectivity index (χ1v) is 9.45. The zero-order valence-corrected chi connectivity index (χ0v) is 17.3. The third kappa shape index (κ3) is 6.73. The first kappa shape index (κ1) is 22.1. The molecule has 2 heterocycles. The van der Waals surface area contributed by atoms with Gasteiger partial charge in [0.05, 0.1) is 6.61 Å². The molecule has 4 N–H and O–H groups in total. The summed E-state index contributed by atoms with van der Waals surface area (Å²) in [5.41, 5.74) is 10.9. The summed E-state index contributed by atoms with van der Waals surface area (Å²) in [5.74, 6) is 0.599. The highest BCUT2D eigenvalue weighted by Gasteiger charge is 2.14. The molecule has 0 aromatic carbocycles. The van der Waals surface area contributed by atoms with Crippen molar-refractivity contribution in [3.63, 3.8) is 0 Å². The van der Waals surface area contributed by atoms with Crippen LogP contribution >= 0.6 is 0 Å². The Balaban J connectivity index is 2.05. The topological polar surface area (TPSA) is 102 Å². The molecule has 7 heteroatoms. The van der Waals surface area contributed by atoms with Gasteiger partial charge >= 0.3 is 0 Å². The van der Waals surface area contributed by atoms with Crippen molar-refractivity contribution < 1.29 is 9.53 Å². The molecule has 29 heavy (non-hydrogen) atoms. The molecule has 0 spiro atoms. The van der Waals surface area contributed by atoms with Crippen molar-refractivity contribution in [2.75, 3.05) is 20.3 Å². The number of nitrogens with two attached hydrogens (primary N) is 1. The number of allylic oxidation sites excluding steroid dienone is 4. The van der Waals surface area contributed by atoms with Crippen LogP contribution in [0.2, 0.25) is 0 Å². The number of nitrogens with zero attached hydrogens (tertiary/aromatic N) is 2. The van der Waals surface area contributed by atoms with Crippen molar-refractivity contribution in [1.29, 1.82) is 0 Å². The largest absolute Gasteiger partial charge is 0.402 e. The van der Waals surface area contributed by atoms with Crippen LogP contribution in [0.4, 0.5) is 0 Å². The van der Waals surface area contributed by atoms with E-state index in [2.05, 4.69) is 27.2 Å². The first-order chi connectivity index (χ1) is 13.9. The van der Waals surface area contributed by atoms with Crippen LogP contribution in [-0.4, -0.2) is 37.0 Å². The number of ether oxygens (including phenoxy) is 1. The predicted molar refractivity (Wildman–Crippen MR) is 117 cm³/mol. The van der Waals surface area contributed by atoms with Gasteiger partial charge in [-0.3, -0.25) is 9.78 Å². The average molecular weight is 396 g/mol. The van der Waals surface area contributed by atoms with Gasteiger partial charge < -0.3 is 21.1 Å². The minimum atomic E-state index is -0.228. The molecule has 1 amide bonds. The zero-order chi connectivity index (χ0) is 21.2. The molecule has 0 atom stereocenters. The van der Waals surface area contributed by atoms with Gasteiger partial charge in [-0.1, -0.05) is 24.3 Å². The number of hydrogen-bond acceptors (Lipinski definition) is 5. The lowest BCUT2D eigenvalue weighted by Crippen LogP contribution is -2.27. The molecule has 0 bridgehead atoms. The van der Waals surface area contributed by atoms with Gasteiger partial charge in [0.2, 0.25) is 0 Å². The van der Waals surface area contributed by atoms with E-state index in [1.165, 1.54) is 0 Å². The highest BCUT2D eigenvalue weighted by Crippen LogP contribution is 2.19. The molecule has 2 rings (SSSR count). The maximum atomic E-state index is 12.2. The number of aromatic nitrogens is 1. The summed E-state index contributed by atoms with van der Waals surface area (Å²) < 4.78 is 4.94. The van der Waals surface area contributed by atoms with Gasteiger partial charge in [-0.25, -0.2) is 4.99 Å². The number of amides is 1. The molecule has 0 radical (unpaired) electrons. The lowest BCUT2D eigenvalue weighted by atomic mass is 10.1. The highest BCUT2D eigenvalue weighted by molar-refractivity contribution is 5.98. The van der Waals surface area contributed by atoms with Gasteiger partial charge in [-0.2, -0.15) is 0 Å². The fraction of sp³-hybridized carbons (Fsp3) is 0.318. The zero-order valence-electron chi connectivity index (χ0n) is 17.3. The Morgan fingerprint density at radius 1 is 1.48 bits per heavy atom. The van der Waals surface area contributed by atoms with E-state index in [4.69, 9.17) is 10.5 Å². The summed E-state index contributed by atoms with van der Waals surface area (Å²) >= 11 is 0. The van der Waals surface area contributed by atoms with Crippen LogP contribution in [0.1, 0.15) is 42.7 Å². The second-order valence-corrected chi connectivity index (χ2v) is 6.75. The second-order valence-electron chi connectivity index (χ2n) is 6.75. The van der Waals surface area contributed by atoms with Gasteiger partial charge in [-0.05, 0) is 38.0 Å². The number of nitrogens with one attached hydrogen (secondary N) is 2. The molecule has 1 aliphatic heterocycles. The molecule has 1 aromatic heterocycles. The molecule has 1 aliphatic rings. The van der Waals surface area contributed by atoms with E-state index < -0.39 is 0 Å². The smallest absolute Gasteiger partial charge is 0.269 e. The predicted octanol–water partition coefficient (Wildman–Crippen LogP) is 2.90. The molecule has 0 aliphatic carbocycles. The summed E-state index contributed by atoms with van der Waals surface area (Å²) in [6, 6.07) is 3.62. The minimum Gasteiger partial charge on any atom is -0.402 e. The van der Waals surface area contributed by atoms with E-state index in [0.717, 1.165) is 40.4 Å². The summed E-state index contributed by atoms with van der Waals surface area (Å²) in [6.07, 6.45) is 8.65. The van der Waals surface area contributed by atoms with Crippen molar-refractivity contribution in [2.45, 2.75) is 26.7 Å². The number of methoxy groups -OCH3 is 1. The van der Waals surface area contributed by atoms with Crippen molar-refractivity contribution in [1.82, 2.24) is 15.6 Å². The van der Waals surface area contributed by atoms with Crippen molar-refractivity contribution in [2.24, 2.45) is 10.7 Å². The Morgan fingerprint density at radius 3 is 2.97 bits per heavy atom. The van der Waals surface area contributed by atoms with Crippen LogP contribution in [0.3, 0.4) is 0 Å². The Morgan fingerprint density at radius 2 is 2.28 bits per heavy atom. The van der Waals surface area contributed by atoms with Crippen LogP contribution in [0, 0.1) is 0 Å². The maximum absolute atomic E-state index is 12.2. The quantitative estimate of drug-likeness (QED) is 0.441. The summed E-state index contributed by atoms with van der Waals surface area (Å²) in [6.45, 7) is 8.63. The van der Waals surface area contributed by atoms with Gasteiger partial charge in [0, 0.05) is 49.4 Å².